The first-order chi connectivity index (χ1) is 10.1. The molecule has 0 radical (unpaired) electrons. The molecule has 0 saturated heterocycles. The molecule has 2 rings (SSSR count). The van der Waals surface area contributed by atoms with Gasteiger partial charge in [-0.25, -0.2) is 0 Å². The topological polar surface area (TPSA) is 35.5 Å². The molecule has 0 aliphatic rings. The van der Waals surface area contributed by atoms with Crippen LogP contribution in [0.25, 0.3) is 6.08 Å². The Morgan fingerprint density at radius 3 is 2.10 bits per heavy atom. The smallest absolute Gasteiger partial charge is 0.186 e. The van der Waals surface area contributed by atoms with Gasteiger partial charge in [0.1, 0.15) is 11.5 Å². The lowest BCUT2D eigenvalue weighted by Crippen LogP contribution is -1.97. The number of hydrogen-bond donors (Lipinski definition) is 0. The van der Waals surface area contributed by atoms with E-state index in [4.69, 9.17) is 9.47 Å². The van der Waals surface area contributed by atoms with Crippen LogP contribution in [0.15, 0.2) is 53.0 Å². The Balaban J connectivity index is 2.21. The van der Waals surface area contributed by atoms with Gasteiger partial charge in [0.25, 0.3) is 0 Å². The zero-order chi connectivity index (χ0) is 15.2. The highest BCUT2D eigenvalue weighted by Gasteiger charge is 2.07. The molecule has 0 N–H and O–H groups in total. The van der Waals surface area contributed by atoms with E-state index in [0.29, 0.717) is 17.1 Å². The van der Waals surface area contributed by atoms with E-state index in [2.05, 4.69) is 15.9 Å². The maximum Gasteiger partial charge on any atom is 0.186 e. The molecule has 4 heteroatoms. The lowest BCUT2D eigenvalue weighted by atomic mass is 10.1. The van der Waals surface area contributed by atoms with Crippen LogP contribution < -0.4 is 9.47 Å². The molecule has 0 fully saturated rings. The molecule has 3 nitrogen and oxygen atoms in total. The molecule has 21 heavy (non-hydrogen) atoms. The van der Waals surface area contributed by atoms with E-state index < -0.39 is 0 Å². The van der Waals surface area contributed by atoms with Gasteiger partial charge in [-0.3, -0.25) is 4.79 Å². The summed E-state index contributed by atoms with van der Waals surface area (Å²) in [6, 6.07) is 12.8. The predicted molar refractivity (Wildman–Crippen MR) is 87.1 cm³/mol. The predicted octanol–water partition coefficient (Wildman–Crippen LogP) is 4.36. The zero-order valence-electron chi connectivity index (χ0n) is 11.8. The average Bonchev–Trinajstić information content (AvgIpc) is 2.53. The molecule has 0 aliphatic heterocycles. The Labute approximate surface area is 132 Å². The second-order valence-corrected chi connectivity index (χ2v) is 5.27. The number of hydrogen-bond acceptors (Lipinski definition) is 3. The summed E-state index contributed by atoms with van der Waals surface area (Å²) in [6.45, 7) is 0. The third-order valence-corrected chi connectivity index (χ3v) is 3.46. The molecule has 0 spiro atoms. The molecule has 2 aromatic rings. The molecule has 0 bridgehead atoms. The van der Waals surface area contributed by atoms with Crippen molar-refractivity contribution in [2.45, 2.75) is 0 Å². The van der Waals surface area contributed by atoms with Crippen LogP contribution in [-0.4, -0.2) is 20.0 Å². The summed E-state index contributed by atoms with van der Waals surface area (Å²) in [7, 11) is 3.11. The van der Waals surface area contributed by atoms with Crippen LogP contribution >= 0.6 is 15.9 Å². The summed E-state index contributed by atoms with van der Waals surface area (Å²) in [6.07, 6.45) is 3.32. The largest absolute Gasteiger partial charge is 0.497 e. The van der Waals surface area contributed by atoms with Crippen LogP contribution in [0, 0.1) is 0 Å². The molecule has 0 aliphatic carbocycles. The van der Waals surface area contributed by atoms with Crippen molar-refractivity contribution in [3.05, 3.63) is 64.1 Å². The number of halogens is 1. The summed E-state index contributed by atoms with van der Waals surface area (Å²) in [5, 5.41) is 0. The van der Waals surface area contributed by atoms with E-state index in [1.54, 1.807) is 38.5 Å². The van der Waals surface area contributed by atoms with Crippen LogP contribution in [0.2, 0.25) is 0 Å². The molecule has 0 heterocycles. The highest BCUT2D eigenvalue weighted by atomic mass is 79.9. The fourth-order valence-electron chi connectivity index (χ4n) is 1.79. The lowest BCUT2D eigenvalue weighted by Gasteiger charge is -2.06. The monoisotopic (exact) mass is 346 g/mol. The van der Waals surface area contributed by atoms with Crippen LogP contribution in [0.1, 0.15) is 15.9 Å². The van der Waals surface area contributed by atoms with Crippen molar-refractivity contribution in [3.8, 4) is 11.5 Å². The van der Waals surface area contributed by atoms with Gasteiger partial charge < -0.3 is 9.47 Å². The summed E-state index contributed by atoms with van der Waals surface area (Å²) in [5.74, 6) is 1.08. The second-order valence-electron chi connectivity index (χ2n) is 4.35. The maximum absolute atomic E-state index is 12.2. The fraction of sp³-hybridized carbons (Fsp3) is 0.118. The Bertz CT molecular complexity index is 638. The average molecular weight is 347 g/mol. The third kappa shape index (κ3) is 4.20. The SMILES string of the molecule is COc1cc(OC)cc(C(=O)/C=C/c2ccc(Br)cc2)c1. The van der Waals surface area contributed by atoms with E-state index in [1.165, 1.54) is 6.08 Å². The first kappa shape index (κ1) is 15.3. The maximum atomic E-state index is 12.2. The van der Waals surface area contributed by atoms with Crippen LogP contribution in [-0.2, 0) is 0 Å². The normalized spacial score (nSPS) is 10.6. The minimum Gasteiger partial charge on any atom is -0.497 e. The van der Waals surface area contributed by atoms with Gasteiger partial charge >= 0.3 is 0 Å². The number of ketones is 1. The Hall–Kier alpha value is -2.07. The van der Waals surface area contributed by atoms with Gasteiger partial charge in [0.05, 0.1) is 14.2 Å². The highest BCUT2D eigenvalue weighted by molar-refractivity contribution is 9.10. The Morgan fingerprint density at radius 1 is 1.00 bits per heavy atom. The van der Waals surface area contributed by atoms with Crippen molar-refractivity contribution >= 4 is 27.8 Å². The minimum absolute atomic E-state index is 0.102. The fourth-order valence-corrected chi connectivity index (χ4v) is 2.06. The quantitative estimate of drug-likeness (QED) is 0.595. The first-order valence-electron chi connectivity index (χ1n) is 6.33. The molecule has 108 valence electrons. The third-order valence-electron chi connectivity index (χ3n) is 2.93. The number of methoxy groups -OCH3 is 2. The standard InChI is InChI=1S/C17H15BrO3/c1-20-15-9-13(10-16(11-15)21-2)17(19)8-5-12-3-6-14(18)7-4-12/h3-11H,1-2H3/b8-5+. The molecule has 0 amide bonds. The van der Waals surface area contributed by atoms with Gasteiger partial charge in [0.2, 0.25) is 0 Å². The van der Waals surface area contributed by atoms with Crippen molar-refractivity contribution in [1.29, 1.82) is 0 Å². The van der Waals surface area contributed by atoms with E-state index in [-0.39, 0.29) is 5.78 Å². The van der Waals surface area contributed by atoms with Crippen molar-refractivity contribution in [1.82, 2.24) is 0 Å². The van der Waals surface area contributed by atoms with Crippen molar-refractivity contribution in [3.63, 3.8) is 0 Å². The summed E-state index contributed by atoms with van der Waals surface area (Å²) in [5.41, 5.74) is 1.49. The minimum atomic E-state index is -0.102. The molecule has 0 aromatic heterocycles. The number of rotatable bonds is 5. The summed E-state index contributed by atoms with van der Waals surface area (Å²) in [4.78, 5) is 12.2. The van der Waals surface area contributed by atoms with Crippen molar-refractivity contribution < 1.29 is 14.3 Å². The van der Waals surface area contributed by atoms with Crippen LogP contribution in [0.5, 0.6) is 11.5 Å². The zero-order valence-corrected chi connectivity index (χ0v) is 13.4. The van der Waals surface area contributed by atoms with Gasteiger partial charge in [0, 0.05) is 16.1 Å². The number of carbonyl (C=O) groups is 1. The van der Waals surface area contributed by atoms with Gasteiger partial charge in [-0.15, -0.1) is 0 Å². The molecule has 0 saturated carbocycles. The molecule has 2 aromatic carbocycles. The van der Waals surface area contributed by atoms with Crippen LogP contribution in [0.3, 0.4) is 0 Å². The number of ether oxygens (including phenoxy) is 2. The van der Waals surface area contributed by atoms with Gasteiger partial charge in [0.15, 0.2) is 5.78 Å². The van der Waals surface area contributed by atoms with E-state index in [1.807, 2.05) is 24.3 Å². The first-order valence-corrected chi connectivity index (χ1v) is 7.12. The van der Waals surface area contributed by atoms with Crippen molar-refractivity contribution in [2.75, 3.05) is 14.2 Å². The van der Waals surface area contributed by atoms with E-state index in [0.717, 1.165) is 10.0 Å². The summed E-state index contributed by atoms with van der Waals surface area (Å²) < 4.78 is 11.3. The molecular weight excluding hydrogens is 332 g/mol. The highest BCUT2D eigenvalue weighted by Crippen LogP contribution is 2.23. The number of benzene rings is 2. The van der Waals surface area contributed by atoms with Gasteiger partial charge in [-0.2, -0.15) is 0 Å². The second kappa shape index (κ2) is 7.09. The number of carbonyl (C=O) groups excluding carboxylic acids is 1. The molecular formula is C17H15BrO3. The Kier molecular flexibility index (Phi) is 5.17. The van der Waals surface area contributed by atoms with Gasteiger partial charge in [-0.05, 0) is 35.9 Å². The van der Waals surface area contributed by atoms with Gasteiger partial charge in [-0.1, -0.05) is 34.1 Å². The van der Waals surface area contributed by atoms with Crippen LogP contribution in [0.4, 0.5) is 0 Å². The number of allylic oxidation sites excluding steroid dienone is 1. The Morgan fingerprint density at radius 2 is 1.57 bits per heavy atom. The molecule has 0 unspecified atom stereocenters. The van der Waals surface area contributed by atoms with Crippen molar-refractivity contribution in [2.24, 2.45) is 0 Å². The van der Waals surface area contributed by atoms with E-state index in [9.17, 15) is 4.79 Å². The molecule has 0 atom stereocenters. The van der Waals surface area contributed by atoms with E-state index >= 15 is 0 Å². The lowest BCUT2D eigenvalue weighted by molar-refractivity contribution is 0.104. The summed E-state index contributed by atoms with van der Waals surface area (Å²) >= 11 is 3.38.